The van der Waals surface area contributed by atoms with Gasteiger partial charge in [0.25, 0.3) is 5.91 Å². The van der Waals surface area contributed by atoms with Crippen molar-refractivity contribution >= 4 is 17.7 Å². The summed E-state index contributed by atoms with van der Waals surface area (Å²) in [6.07, 6.45) is 1.63. The van der Waals surface area contributed by atoms with Gasteiger partial charge < -0.3 is 14.6 Å². The molecule has 0 aliphatic rings. The lowest BCUT2D eigenvalue weighted by Gasteiger charge is -2.04. The van der Waals surface area contributed by atoms with Gasteiger partial charge in [0.15, 0.2) is 10.9 Å². The van der Waals surface area contributed by atoms with Gasteiger partial charge in [0.05, 0.1) is 7.11 Å². The fourth-order valence-electron chi connectivity index (χ4n) is 1.35. The molecule has 106 valence electrons. The number of thioether (sulfide) groups is 1. The highest BCUT2D eigenvalue weighted by molar-refractivity contribution is 7.99. The molecule has 8 nitrogen and oxygen atoms in total. The number of methoxy groups -OCH3 is 1. The zero-order valence-electron chi connectivity index (χ0n) is 11.1. The van der Waals surface area contributed by atoms with Crippen LogP contribution in [0.15, 0.2) is 23.6 Å². The quantitative estimate of drug-likeness (QED) is 0.598. The number of hydrogen-bond donors (Lipinski definition) is 1. The van der Waals surface area contributed by atoms with Crippen LogP contribution in [0.2, 0.25) is 0 Å². The third-order valence-electron chi connectivity index (χ3n) is 2.37. The molecule has 2 rings (SSSR count). The van der Waals surface area contributed by atoms with E-state index in [-0.39, 0.29) is 11.6 Å². The average molecular weight is 294 g/mol. The number of aromatic nitrogens is 5. The van der Waals surface area contributed by atoms with E-state index in [2.05, 4.69) is 25.7 Å². The highest BCUT2D eigenvalue weighted by Gasteiger charge is 2.08. The van der Waals surface area contributed by atoms with E-state index in [9.17, 15) is 4.79 Å². The molecule has 2 heterocycles. The van der Waals surface area contributed by atoms with Gasteiger partial charge >= 0.3 is 0 Å². The third kappa shape index (κ3) is 3.67. The van der Waals surface area contributed by atoms with Crippen molar-refractivity contribution in [2.24, 2.45) is 7.05 Å². The topological polar surface area (TPSA) is 94.8 Å². The minimum atomic E-state index is -0.265. The summed E-state index contributed by atoms with van der Waals surface area (Å²) in [7, 11) is 3.36. The highest BCUT2D eigenvalue weighted by atomic mass is 32.2. The number of rotatable bonds is 6. The minimum Gasteiger partial charge on any atom is -0.480 e. The Morgan fingerprint density at radius 1 is 1.40 bits per heavy atom. The SMILES string of the molecule is COc1ccc(C(=O)NCCSc2nncn2C)nn1. The Morgan fingerprint density at radius 2 is 2.25 bits per heavy atom. The van der Waals surface area contributed by atoms with Crippen LogP contribution in [0.3, 0.4) is 0 Å². The lowest BCUT2D eigenvalue weighted by atomic mass is 10.3. The van der Waals surface area contributed by atoms with Crippen molar-refractivity contribution in [3.8, 4) is 5.88 Å². The monoisotopic (exact) mass is 294 g/mol. The molecular weight excluding hydrogens is 280 g/mol. The number of carbonyl (C=O) groups is 1. The van der Waals surface area contributed by atoms with Crippen LogP contribution in [-0.4, -0.2) is 50.3 Å². The molecule has 1 amide bonds. The first-order valence-corrected chi connectivity index (χ1v) is 6.82. The van der Waals surface area contributed by atoms with Crippen molar-refractivity contribution in [2.45, 2.75) is 5.16 Å². The number of amides is 1. The van der Waals surface area contributed by atoms with Gasteiger partial charge in [-0.3, -0.25) is 4.79 Å². The van der Waals surface area contributed by atoms with Gasteiger partial charge in [-0.25, -0.2) is 0 Å². The van der Waals surface area contributed by atoms with Gasteiger partial charge in [0, 0.05) is 25.4 Å². The van der Waals surface area contributed by atoms with E-state index in [1.807, 2.05) is 11.6 Å². The maximum Gasteiger partial charge on any atom is 0.271 e. The second-order valence-electron chi connectivity index (χ2n) is 3.79. The summed E-state index contributed by atoms with van der Waals surface area (Å²) in [4.78, 5) is 11.8. The van der Waals surface area contributed by atoms with Crippen molar-refractivity contribution in [1.29, 1.82) is 0 Å². The molecule has 0 aliphatic heterocycles. The molecule has 0 radical (unpaired) electrons. The van der Waals surface area contributed by atoms with E-state index in [0.29, 0.717) is 18.2 Å². The van der Waals surface area contributed by atoms with E-state index in [0.717, 1.165) is 5.16 Å². The summed E-state index contributed by atoms with van der Waals surface area (Å²) in [5.74, 6) is 0.806. The van der Waals surface area contributed by atoms with Crippen molar-refractivity contribution < 1.29 is 9.53 Å². The summed E-state index contributed by atoms with van der Waals surface area (Å²) in [6, 6.07) is 3.16. The van der Waals surface area contributed by atoms with E-state index >= 15 is 0 Å². The minimum absolute atomic E-state index is 0.259. The molecule has 0 bridgehead atoms. The van der Waals surface area contributed by atoms with Crippen LogP contribution in [0.1, 0.15) is 10.5 Å². The Hall–Kier alpha value is -2.16. The summed E-state index contributed by atoms with van der Waals surface area (Å²) in [5, 5.41) is 18.8. The van der Waals surface area contributed by atoms with Crippen molar-refractivity contribution in [3.05, 3.63) is 24.2 Å². The number of nitrogens with one attached hydrogen (secondary N) is 1. The number of aryl methyl sites for hydroxylation is 1. The van der Waals surface area contributed by atoms with Gasteiger partial charge in [0.2, 0.25) is 5.88 Å². The maximum atomic E-state index is 11.8. The lowest BCUT2D eigenvalue weighted by Crippen LogP contribution is -2.26. The Morgan fingerprint density at radius 3 is 2.85 bits per heavy atom. The predicted molar refractivity (Wildman–Crippen MR) is 72.6 cm³/mol. The first-order valence-electron chi connectivity index (χ1n) is 5.83. The molecule has 0 atom stereocenters. The number of hydrogen-bond acceptors (Lipinski definition) is 7. The molecular formula is C11H14N6O2S. The number of nitrogens with zero attached hydrogens (tertiary/aromatic N) is 5. The van der Waals surface area contributed by atoms with Crippen LogP contribution in [-0.2, 0) is 7.05 Å². The normalized spacial score (nSPS) is 10.3. The smallest absolute Gasteiger partial charge is 0.271 e. The van der Waals surface area contributed by atoms with E-state index in [4.69, 9.17) is 4.74 Å². The van der Waals surface area contributed by atoms with Crippen molar-refractivity contribution in [3.63, 3.8) is 0 Å². The molecule has 0 spiro atoms. The molecule has 9 heteroatoms. The second kappa shape index (κ2) is 6.85. The number of ether oxygens (including phenoxy) is 1. The Kier molecular flexibility index (Phi) is 4.88. The Balaban J connectivity index is 1.76. The van der Waals surface area contributed by atoms with Gasteiger partial charge in [-0.1, -0.05) is 11.8 Å². The average Bonchev–Trinajstić information content (AvgIpc) is 2.89. The van der Waals surface area contributed by atoms with Gasteiger partial charge in [-0.05, 0) is 6.07 Å². The third-order valence-corrected chi connectivity index (χ3v) is 3.41. The Bertz CT molecular complexity index is 571. The van der Waals surface area contributed by atoms with E-state index in [1.54, 1.807) is 18.5 Å². The summed E-state index contributed by atoms with van der Waals surface area (Å²) in [6.45, 7) is 0.504. The molecule has 0 fully saturated rings. The molecule has 20 heavy (non-hydrogen) atoms. The summed E-state index contributed by atoms with van der Waals surface area (Å²) in [5.41, 5.74) is 0.259. The fraction of sp³-hybridized carbons (Fsp3) is 0.364. The van der Waals surface area contributed by atoms with Crippen LogP contribution in [0, 0.1) is 0 Å². The molecule has 0 aliphatic carbocycles. The maximum absolute atomic E-state index is 11.8. The van der Waals surface area contributed by atoms with Gasteiger partial charge in [-0.15, -0.1) is 20.4 Å². The van der Waals surface area contributed by atoms with Crippen LogP contribution in [0.25, 0.3) is 0 Å². The first-order chi connectivity index (χ1) is 9.70. The molecule has 2 aromatic heterocycles. The van der Waals surface area contributed by atoms with Crippen molar-refractivity contribution in [2.75, 3.05) is 19.4 Å². The largest absolute Gasteiger partial charge is 0.480 e. The summed E-state index contributed by atoms with van der Waals surface area (Å²) < 4.78 is 6.70. The highest BCUT2D eigenvalue weighted by Crippen LogP contribution is 2.11. The van der Waals surface area contributed by atoms with Crippen LogP contribution in [0.5, 0.6) is 5.88 Å². The van der Waals surface area contributed by atoms with Crippen LogP contribution < -0.4 is 10.1 Å². The molecule has 0 unspecified atom stereocenters. The summed E-state index contributed by atoms with van der Waals surface area (Å²) >= 11 is 1.52. The second-order valence-corrected chi connectivity index (χ2v) is 4.85. The molecule has 1 N–H and O–H groups in total. The van der Waals surface area contributed by atoms with Crippen LogP contribution in [0.4, 0.5) is 0 Å². The molecule has 0 saturated carbocycles. The zero-order chi connectivity index (χ0) is 14.4. The van der Waals surface area contributed by atoms with Gasteiger partial charge in [0.1, 0.15) is 6.33 Å². The lowest BCUT2D eigenvalue weighted by molar-refractivity contribution is 0.0950. The zero-order valence-corrected chi connectivity index (χ0v) is 11.9. The van der Waals surface area contributed by atoms with E-state index < -0.39 is 0 Å². The van der Waals surface area contributed by atoms with Crippen LogP contribution >= 0.6 is 11.8 Å². The van der Waals surface area contributed by atoms with Crippen molar-refractivity contribution in [1.82, 2.24) is 30.3 Å². The Labute approximate surface area is 119 Å². The molecule has 0 aromatic carbocycles. The fourth-order valence-corrected chi connectivity index (χ4v) is 2.09. The first kappa shape index (κ1) is 14.3. The number of carbonyl (C=O) groups excluding carboxylic acids is 1. The predicted octanol–water partition coefficient (Wildman–Crippen LogP) is 0.136. The molecule has 2 aromatic rings. The van der Waals surface area contributed by atoms with E-state index in [1.165, 1.54) is 18.9 Å². The standard InChI is InChI=1S/C11H14N6O2S/c1-17-7-13-16-11(17)20-6-5-12-10(18)8-3-4-9(19-2)15-14-8/h3-4,7H,5-6H2,1-2H3,(H,12,18). The molecule has 0 saturated heterocycles. The van der Waals surface area contributed by atoms with Gasteiger partial charge in [-0.2, -0.15) is 0 Å².